The molecule has 1 aliphatic rings. The largest absolute Gasteiger partial charge is 0.368 e. The first-order valence-corrected chi connectivity index (χ1v) is 8.62. The molecule has 0 radical (unpaired) electrons. The Morgan fingerprint density at radius 3 is 2.52 bits per heavy atom. The number of amides is 1. The van der Waals surface area contributed by atoms with E-state index in [1.807, 2.05) is 24.3 Å². The summed E-state index contributed by atoms with van der Waals surface area (Å²) in [6.45, 7) is 1.83. The molecule has 0 unspecified atom stereocenters. The molecule has 0 fully saturated rings. The number of imidazole rings is 1. The molecule has 1 aromatic carbocycles. The lowest BCUT2D eigenvalue weighted by Crippen LogP contribution is -2.51. The van der Waals surface area contributed by atoms with Crippen LogP contribution in [0.5, 0.6) is 0 Å². The molecule has 2 N–H and O–H groups in total. The average Bonchev–Trinajstić information content (AvgIpc) is 2.86. The van der Waals surface area contributed by atoms with Crippen LogP contribution in [-0.2, 0) is 34.8 Å². The van der Waals surface area contributed by atoms with Crippen molar-refractivity contribution in [3.8, 4) is 0 Å². The molecule has 2 aromatic rings. The van der Waals surface area contributed by atoms with Gasteiger partial charge in [0.15, 0.2) is 5.03 Å². The first-order chi connectivity index (χ1) is 10.8. The number of sulfonamides is 1. The Labute approximate surface area is 134 Å². The quantitative estimate of drug-likeness (QED) is 0.874. The zero-order valence-corrected chi connectivity index (χ0v) is 13.7. The predicted octanol–water partition coefficient (Wildman–Crippen LogP) is 0.329. The van der Waals surface area contributed by atoms with E-state index >= 15 is 0 Å². The van der Waals surface area contributed by atoms with E-state index in [1.54, 1.807) is 18.5 Å². The highest BCUT2D eigenvalue weighted by atomic mass is 32.2. The Hall–Kier alpha value is -2.19. The lowest BCUT2D eigenvalue weighted by Gasteiger charge is -2.33. The second-order valence-corrected chi connectivity index (χ2v) is 7.52. The predicted molar refractivity (Wildman–Crippen MR) is 83.8 cm³/mol. The third-order valence-electron chi connectivity index (χ3n) is 4.19. The highest BCUT2D eigenvalue weighted by Crippen LogP contribution is 2.28. The Morgan fingerprint density at radius 2 is 1.96 bits per heavy atom. The molecule has 0 saturated carbocycles. The number of hydrogen-bond acceptors (Lipinski definition) is 4. The first kappa shape index (κ1) is 15.7. The summed E-state index contributed by atoms with van der Waals surface area (Å²) in [4.78, 5) is 15.9. The summed E-state index contributed by atoms with van der Waals surface area (Å²) in [6, 6.07) is 6.55. The molecule has 1 amide bonds. The average molecular weight is 334 g/mol. The molecular formula is C15H18N4O3S. The van der Waals surface area contributed by atoms with Gasteiger partial charge in [-0.15, -0.1) is 0 Å². The summed E-state index contributed by atoms with van der Waals surface area (Å²) in [5.74, 6) is -0.0765. The molecule has 0 saturated heterocycles. The van der Waals surface area contributed by atoms with Crippen LogP contribution < -0.4 is 5.73 Å². The minimum absolute atomic E-state index is 0.0665. The molecule has 8 heteroatoms. The van der Waals surface area contributed by atoms with E-state index < -0.39 is 22.0 Å². The van der Waals surface area contributed by atoms with Gasteiger partial charge in [-0.3, -0.25) is 4.79 Å². The molecule has 0 spiro atoms. The topological polar surface area (TPSA) is 98.3 Å². The van der Waals surface area contributed by atoms with Gasteiger partial charge in [-0.1, -0.05) is 24.3 Å². The van der Waals surface area contributed by atoms with Crippen molar-refractivity contribution in [1.82, 2.24) is 13.9 Å². The van der Waals surface area contributed by atoms with Crippen LogP contribution in [0.2, 0.25) is 0 Å². The van der Waals surface area contributed by atoms with Gasteiger partial charge in [-0.2, -0.15) is 4.31 Å². The van der Waals surface area contributed by atoms with Crippen molar-refractivity contribution in [1.29, 1.82) is 0 Å². The Bertz CT molecular complexity index is 853. The van der Waals surface area contributed by atoms with Crippen LogP contribution >= 0.6 is 0 Å². The number of carbonyl (C=O) groups excluding carboxylic acids is 1. The Kier molecular flexibility index (Phi) is 3.73. The Morgan fingerprint density at radius 1 is 1.30 bits per heavy atom. The number of nitrogens with zero attached hydrogens (tertiary/aromatic N) is 3. The second kappa shape index (κ2) is 5.47. The van der Waals surface area contributed by atoms with Crippen LogP contribution in [0, 0.1) is 6.92 Å². The standard InChI is InChI=1S/C15H18N4O3S/c1-10-17-14(9-18(10)2)23(21,22)19-8-12-6-4-3-5-11(12)7-13(19)15(16)20/h3-6,9,13H,7-8H2,1-2H3,(H2,16,20)/t13-/m0/s1. The maximum absolute atomic E-state index is 12.9. The molecule has 23 heavy (non-hydrogen) atoms. The van der Waals surface area contributed by atoms with Gasteiger partial charge in [0.1, 0.15) is 11.9 Å². The fraction of sp³-hybridized carbons (Fsp3) is 0.333. The maximum atomic E-state index is 12.9. The van der Waals surface area contributed by atoms with Crippen molar-refractivity contribution in [2.45, 2.75) is 31.0 Å². The van der Waals surface area contributed by atoms with Crippen molar-refractivity contribution in [3.05, 3.63) is 47.4 Å². The van der Waals surface area contributed by atoms with Crippen LogP contribution in [-0.4, -0.2) is 34.2 Å². The molecule has 7 nitrogen and oxygen atoms in total. The fourth-order valence-corrected chi connectivity index (χ4v) is 4.37. The summed E-state index contributed by atoms with van der Waals surface area (Å²) in [5.41, 5.74) is 7.27. The highest BCUT2D eigenvalue weighted by molar-refractivity contribution is 7.89. The first-order valence-electron chi connectivity index (χ1n) is 7.18. The number of fused-ring (bicyclic) bond motifs is 1. The number of aromatic nitrogens is 2. The monoisotopic (exact) mass is 334 g/mol. The van der Waals surface area contributed by atoms with Crippen LogP contribution in [0.4, 0.5) is 0 Å². The fourth-order valence-electron chi connectivity index (χ4n) is 2.76. The number of primary amides is 1. The molecule has 1 aliphatic heterocycles. The van der Waals surface area contributed by atoms with E-state index in [1.165, 1.54) is 6.20 Å². The molecule has 0 aliphatic carbocycles. The number of carbonyl (C=O) groups is 1. The smallest absolute Gasteiger partial charge is 0.263 e. The number of nitrogens with two attached hydrogens (primary N) is 1. The lowest BCUT2D eigenvalue weighted by molar-refractivity contribution is -0.122. The third kappa shape index (κ3) is 2.64. The molecule has 3 rings (SSSR count). The highest BCUT2D eigenvalue weighted by Gasteiger charge is 2.39. The van der Waals surface area contributed by atoms with Gasteiger partial charge < -0.3 is 10.3 Å². The van der Waals surface area contributed by atoms with Crippen molar-refractivity contribution >= 4 is 15.9 Å². The van der Waals surface area contributed by atoms with Gasteiger partial charge in [0.25, 0.3) is 10.0 Å². The van der Waals surface area contributed by atoms with Crippen molar-refractivity contribution < 1.29 is 13.2 Å². The molecule has 1 aromatic heterocycles. The summed E-state index contributed by atoms with van der Waals surface area (Å²) in [5, 5.41) is -0.0665. The Balaban J connectivity index is 2.07. The van der Waals surface area contributed by atoms with E-state index in [0.717, 1.165) is 15.4 Å². The number of hydrogen-bond donors (Lipinski definition) is 1. The minimum atomic E-state index is -3.90. The van der Waals surface area contributed by atoms with Crippen molar-refractivity contribution in [2.75, 3.05) is 0 Å². The lowest BCUT2D eigenvalue weighted by atomic mass is 9.96. The third-order valence-corrected chi connectivity index (χ3v) is 5.92. The summed E-state index contributed by atoms with van der Waals surface area (Å²) >= 11 is 0. The van der Waals surface area contributed by atoms with Crippen LogP contribution in [0.1, 0.15) is 17.0 Å². The van der Waals surface area contributed by atoms with Crippen LogP contribution in [0.25, 0.3) is 0 Å². The van der Waals surface area contributed by atoms with Gasteiger partial charge in [-0.05, 0) is 24.5 Å². The molecular weight excluding hydrogens is 316 g/mol. The van der Waals surface area contributed by atoms with Gasteiger partial charge >= 0.3 is 0 Å². The van der Waals surface area contributed by atoms with Crippen molar-refractivity contribution in [3.63, 3.8) is 0 Å². The molecule has 122 valence electrons. The molecule has 2 heterocycles. The van der Waals surface area contributed by atoms with Crippen LogP contribution in [0.15, 0.2) is 35.5 Å². The van der Waals surface area contributed by atoms with Crippen molar-refractivity contribution in [2.24, 2.45) is 12.8 Å². The van der Waals surface area contributed by atoms with E-state index in [2.05, 4.69) is 4.98 Å². The van der Waals surface area contributed by atoms with E-state index in [9.17, 15) is 13.2 Å². The second-order valence-electron chi connectivity index (χ2n) is 5.68. The van der Waals surface area contributed by atoms with Crippen LogP contribution in [0.3, 0.4) is 0 Å². The number of benzene rings is 1. The molecule has 0 bridgehead atoms. The normalized spacial score (nSPS) is 18.6. The minimum Gasteiger partial charge on any atom is -0.368 e. The van der Waals surface area contributed by atoms with E-state index in [-0.39, 0.29) is 18.0 Å². The van der Waals surface area contributed by atoms with Gasteiger partial charge in [0, 0.05) is 19.8 Å². The zero-order valence-electron chi connectivity index (χ0n) is 12.9. The maximum Gasteiger partial charge on any atom is 0.263 e. The van der Waals surface area contributed by atoms with Gasteiger partial charge in [-0.25, -0.2) is 13.4 Å². The summed E-state index contributed by atoms with van der Waals surface area (Å²) in [7, 11) is -2.18. The summed E-state index contributed by atoms with van der Waals surface area (Å²) < 4.78 is 28.6. The zero-order chi connectivity index (χ0) is 16.8. The van der Waals surface area contributed by atoms with E-state index in [0.29, 0.717) is 5.82 Å². The molecule has 1 atom stereocenters. The van der Waals surface area contributed by atoms with Gasteiger partial charge in [0.05, 0.1) is 0 Å². The summed E-state index contributed by atoms with van der Waals surface area (Å²) in [6.07, 6.45) is 1.72. The number of rotatable bonds is 3. The number of aryl methyl sites for hydroxylation is 2. The van der Waals surface area contributed by atoms with E-state index in [4.69, 9.17) is 5.73 Å². The van der Waals surface area contributed by atoms with Gasteiger partial charge in [0.2, 0.25) is 5.91 Å². The SMILES string of the molecule is Cc1nc(S(=O)(=O)N2Cc3ccccc3C[C@H]2C(N)=O)cn1C.